The fourth-order valence-electron chi connectivity index (χ4n) is 1.18. The molecule has 1 heterocycles. The summed E-state index contributed by atoms with van der Waals surface area (Å²) in [5, 5.41) is 6.42. The van der Waals surface area contributed by atoms with Crippen molar-refractivity contribution in [2.24, 2.45) is 0 Å². The molecule has 0 aliphatic heterocycles. The number of rotatable bonds is 4. The minimum atomic E-state index is -0.545. The van der Waals surface area contributed by atoms with E-state index in [2.05, 4.69) is 20.4 Å². The lowest BCUT2D eigenvalue weighted by molar-refractivity contribution is -0.141. The van der Waals surface area contributed by atoms with Crippen molar-refractivity contribution >= 4 is 40.8 Å². The molecule has 0 aliphatic carbocycles. The number of anilines is 2. The average molecular weight is 278 g/mol. The highest BCUT2D eigenvalue weighted by molar-refractivity contribution is 6.37. The molecule has 0 aromatic carbocycles. The number of aromatic nitrogens is 1. The number of esters is 1. The molecule has 0 bridgehead atoms. The first kappa shape index (κ1) is 13.9. The molecule has 1 aromatic rings. The summed E-state index contributed by atoms with van der Waals surface area (Å²) >= 11 is 11.9. The zero-order valence-corrected chi connectivity index (χ0v) is 11.2. The van der Waals surface area contributed by atoms with Crippen molar-refractivity contribution in [2.45, 2.75) is 13.0 Å². The third-order valence-corrected chi connectivity index (χ3v) is 2.65. The van der Waals surface area contributed by atoms with E-state index in [1.54, 1.807) is 20.0 Å². The summed E-state index contributed by atoms with van der Waals surface area (Å²) in [7, 11) is 3.01. The van der Waals surface area contributed by atoms with Gasteiger partial charge in [-0.25, -0.2) is 9.78 Å². The van der Waals surface area contributed by atoms with Crippen LogP contribution in [-0.4, -0.2) is 31.2 Å². The zero-order chi connectivity index (χ0) is 13.0. The van der Waals surface area contributed by atoms with Crippen molar-refractivity contribution < 1.29 is 9.53 Å². The van der Waals surface area contributed by atoms with Gasteiger partial charge in [-0.15, -0.1) is 0 Å². The fourth-order valence-corrected chi connectivity index (χ4v) is 1.69. The van der Waals surface area contributed by atoms with Crippen LogP contribution in [0.3, 0.4) is 0 Å². The molecule has 0 spiro atoms. The summed E-state index contributed by atoms with van der Waals surface area (Å²) in [5.41, 5.74) is 0. The lowest BCUT2D eigenvalue weighted by Gasteiger charge is -2.14. The maximum Gasteiger partial charge on any atom is 0.328 e. The lowest BCUT2D eigenvalue weighted by atomic mass is 10.3. The number of nitrogens with one attached hydrogen (secondary N) is 2. The second kappa shape index (κ2) is 5.93. The second-order valence-electron chi connectivity index (χ2n) is 3.29. The van der Waals surface area contributed by atoms with Crippen molar-refractivity contribution in [1.82, 2.24) is 4.98 Å². The van der Waals surface area contributed by atoms with Crippen LogP contribution in [0.5, 0.6) is 0 Å². The quantitative estimate of drug-likeness (QED) is 0.828. The first-order valence-corrected chi connectivity index (χ1v) is 5.63. The van der Waals surface area contributed by atoms with Crippen LogP contribution in [0.1, 0.15) is 6.92 Å². The first-order valence-electron chi connectivity index (χ1n) is 4.87. The molecular formula is C10H13Cl2N3O2. The molecule has 5 nitrogen and oxygen atoms in total. The highest BCUT2D eigenvalue weighted by Gasteiger charge is 2.16. The van der Waals surface area contributed by atoms with Gasteiger partial charge in [-0.05, 0) is 13.0 Å². The summed E-state index contributed by atoms with van der Waals surface area (Å²) in [6.45, 7) is 1.65. The highest BCUT2D eigenvalue weighted by Crippen LogP contribution is 2.29. The zero-order valence-electron chi connectivity index (χ0n) is 9.67. The van der Waals surface area contributed by atoms with Gasteiger partial charge < -0.3 is 15.4 Å². The van der Waals surface area contributed by atoms with E-state index < -0.39 is 12.0 Å². The molecule has 1 atom stereocenters. The number of hydrogen-bond acceptors (Lipinski definition) is 5. The molecule has 0 saturated carbocycles. The van der Waals surface area contributed by atoms with Crippen LogP contribution >= 0.6 is 23.2 Å². The highest BCUT2D eigenvalue weighted by atomic mass is 35.5. The van der Waals surface area contributed by atoms with Crippen LogP contribution in [0.15, 0.2) is 6.07 Å². The van der Waals surface area contributed by atoms with E-state index in [4.69, 9.17) is 23.2 Å². The number of nitrogens with zero attached hydrogens (tertiary/aromatic N) is 1. The van der Waals surface area contributed by atoms with E-state index in [0.29, 0.717) is 21.7 Å². The molecule has 7 heteroatoms. The number of carbonyl (C=O) groups is 1. The van der Waals surface area contributed by atoms with E-state index in [0.717, 1.165) is 0 Å². The summed E-state index contributed by atoms with van der Waals surface area (Å²) in [4.78, 5) is 15.4. The molecule has 0 saturated heterocycles. The Labute approximate surface area is 109 Å². The van der Waals surface area contributed by atoms with E-state index in [1.165, 1.54) is 7.11 Å². The number of ether oxygens (including phenoxy) is 1. The molecule has 17 heavy (non-hydrogen) atoms. The Balaban J connectivity index is 2.94. The maximum atomic E-state index is 11.3. The minimum absolute atomic E-state index is 0.338. The molecule has 1 unspecified atom stereocenters. The minimum Gasteiger partial charge on any atom is -0.467 e. The van der Waals surface area contributed by atoms with Crippen molar-refractivity contribution in [3.05, 3.63) is 16.1 Å². The lowest BCUT2D eigenvalue weighted by Crippen LogP contribution is -2.27. The summed E-state index contributed by atoms with van der Waals surface area (Å²) in [6.07, 6.45) is 0. The Morgan fingerprint density at radius 1 is 1.41 bits per heavy atom. The van der Waals surface area contributed by atoms with Crippen LogP contribution in [0.25, 0.3) is 0 Å². The largest absolute Gasteiger partial charge is 0.467 e. The van der Waals surface area contributed by atoms with E-state index in [-0.39, 0.29) is 0 Å². The van der Waals surface area contributed by atoms with E-state index in [9.17, 15) is 4.79 Å². The van der Waals surface area contributed by atoms with Gasteiger partial charge in [0.05, 0.1) is 17.2 Å². The van der Waals surface area contributed by atoms with Gasteiger partial charge in [0.15, 0.2) is 0 Å². The molecule has 94 valence electrons. The summed E-state index contributed by atoms with van der Waals surface area (Å²) in [5.74, 6) is 0.456. The molecule has 0 aliphatic rings. The van der Waals surface area contributed by atoms with Gasteiger partial charge in [0, 0.05) is 7.05 Å². The standard InChI is InChI=1S/C10H13Cl2N3O2/c1-5(10(16)17-3)14-9-7(12)4-6(11)8(13-2)15-9/h4-5H,1-3H3,(H2,13,14,15). The number of halogens is 2. The predicted octanol–water partition coefficient (Wildman–Crippen LogP) is 2.40. The van der Waals surface area contributed by atoms with Crippen LogP contribution in [-0.2, 0) is 9.53 Å². The van der Waals surface area contributed by atoms with Crippen molar-refractivity contribution in [3.8, 4) is 0 Å². The number of hydrogen-bond donors (Lipinski definition) is 2. The van der Waals surface area contributed by atoms with E-state index in [1.807, 2.05) is 0 Å². The average Bonchev–Trinajstić information content (AvgIpc) is 2.31. The van der Waals surface area contributed by atoms with Crippen molar-refractivity contribution in [2.75, 3.05) is 24.8 Å². The van der Waals surface area contributed by atoms with Gasteiger partial charge in [0.1, 0.15) is 17.7 Å². The van der Waals surface area contributed by atoms with Gasteiger partial charge in [-0.3, -0.25) is 0 Å². The molecule has 1 rings (SSSR count). The molecule has 0 fully saturated rings. The van der Waals surface area contributed by atoms with Gasteiger partial charge in [0.2, 0.25) is 0 Å². The maximum absolute atomic E-state index is 11.3. The number of pyridine rings is 1. The summed E-state index contributed by atoms with van der Waals surface area (Å²) in [6, 6.07) is 1.00. The molecular weight excluding hydrogens is 265 g/mol. The fraction of sp³-hybridized carbons (Fsp3) is 0.400. The van der Waals surface area contributed by atoms with E-state index >= 15 is 0 Å². The Kier molecular flexibility index (Phi) is 4.84. The Morgan fingerprint density at radius 2 is 2.00 bits per heavy atom. The van der Waals surface area contributed by atoms with Gasteiger partial charge in [-0.2, -0.15) is 0 Å². The number of methoxy groups -OCH3 is 1. The van der Waals surface area contributed by atoms with Crippen molar-refractivity contribution in [1.29, 1.82) is 0 Å². The molecule has 2 N–H and O–H groups in total. The predicted molar refractivity (Wildman–Crippen MR) is 68.9 cm³/mol. The monoisotopic (exact) mass is 277 g/mol. The summed E-state index contributed by atoms with van der Waals surface area (Å²) < 4.78 is 4.59. The van der Waals surface area contributed by atoms with Crippen LogP contribution in [0.4, 0.5) is 11.6 Å². The van der Waals surface area contributed by atoms with Gasteiger partial charge in [-0.1, -0.05) is 23.2 Å². The van der Waals surface area contributed by atoms with Crippen LogP contribution in [0, 0.1) is 0 Å². The van der Waals surface area contributed by atoms with Crippen molar-refractivity contribution in [3.63, 3.8) is 0 Å². The van der Waals surface area contributed by atoms with Crippen LogP contribution in [0.2, 0.25) is 10.0 Å². The number of carbonyl (C=O) groups excluding carboxylic acids is 1. The third kappa shape index (κ3) is 3.38. The third-order valence-electron chi connectivity index (χ3n) is 2.07. The van der Waals surface area contributed by atoms with Crippen LogP contribution < -0.4 is 10.6 Å². The van der Waals surface area contributed by atoms with Gasteiger partial charge >= 0.3 is 5.97 Å². The normalized spacial score (nSPS) is 11.8. The Morgan fingerprint density at radius 3 is 2.53 bits per heavy atom. The SMILES string of the molecule is CNc1nc(NC(C)C(=O)OC)c(Cl)cc1Cl. The van der Waals surface area contributed by atoms with Gasteiger partial charge in [0.25, 0.3) is 0 Å². The Hall–Kier alpha value is -1.20. The second-order valence-corrected chi connectivity index (χ2v) is 4.10. The smallest absolute Gasteiger partial charge is 0.328 e. The molecule has 0 amide bonds. The molecule has 0 radical (unpaired) electrons. The topological polar surface area (TPSA) is 63.2 Å². The Bertz CT molecular complexity index is 426. The molecule has 1 aromatic heterocycles. The first-order chi connectivity index (χ1) is 7.99.